The highest BCUT2D eigenvalue weighted by Crippen LogP contribution is 2.27. The first-order chi connectivity index (χ1) is 9.56. The van der Waals surface area contributed by atoms with Crippen LogP contribution in [-0.2, 0) is 26.6 Å². The topological polar surface area (TPSA) is 64.9 Å². The van der Waals surface area contributed by atoms with E-state index in [1.165, 1.54) is 11.4 Å². The number of nitrogens with zero attached hydrogens (tertiary/aromatic N) is 5. The van der Waals surface area contributed by atoms with Gasteiger partial charge in [0, 0.05) is 44.1 Å². The monoisotopic (exact) mass is 274 g/mol. The van der Waals surface area contributed by atoms with Crippen LogP contribution in [-0.4, -0.2) is 31.9 Å². The molecule has 0 radical (unpaired) electrons. The Bertz CT molecular complexity index is 609. The number of aromatic nitrogens is 4. The highest BCUT2D eigenvalue weighted by Gasteiger charge is 2.24. The zero-order valence-corrected chi connectivity index (χ0v) is 12.4. The quantitative estimate of drug-likeness (QED) is 0.900. The van der Waals surface area contributed by atoms with Gasteiger partial charge in [-0.2, -0.15) is 5.10 Å². The maximum Gasteiger partial charge on any atom is 0.130 e. The average molecular weight is 274 g/mol. The van der Waals surface area contributed by atoms with Gasteiger partial charge in [0.1, 0.15) is 11.6 Å². The van der Waals surface area contributed by atoms with E-state index in [1.54, 1.807) is 0 Å². The zero-order chi connectivity index (χ0) is 14.3. The van der Waals surface area contributed by atoms with Crippen LogP contribution >= 0.6 is 0 Å². The molecule has 1 aliphatic heterocycles. The van der Waals surface area contributed by atoms with Gasteiger partial charge in [-0.3, -0.25) is 4.68 Å². The molecule has 3 heterocycles. The molecular formula is C14H22N6. The van der Waals surface area contributed by atoms with Crippen LogP contribution in [0.4, 0.5) is 5.82 Å². The zero-order valence-electron chi connectivity index (χ0n) is 12.4. The maximum absolute atomic E-state index is 5.99. The van der Waals surface area contributed by atoms with Crippen molar-refractivity contribution < 1.29 is 0 Å². The van der Waals surface area contributed by atoms with Crippen molar-refractivity contribution in [1.82, 2.24) is 19.3 Å². The van der Waals surface area contributed by atoms with Gasteiger partial charge in [-0.05, 0) is 20.3 Å². The SMILES string of the molecule is Cc1nn(C)c(N2CCn3ccnc3C2)c1CC(C)N. The van der Waals surface area contributed by atoms with Gasteiger partial charge in [-0.1, -0.05) is 0 Å². The Kier molecular flexibility index (Phi) is 3.25. The maximum atomic E-state index is 5.99. The standard InChI is InChI=1S/C14H22N6/c1-10(15)8-12-11(2)17-18(3)14(12)20-7-6-19-5-4-16-13(19)9-20/h4-5,10H,6-9,15H2,1-3H3. The van der Waals surface area contributed by atoms with Gasteiger partial charge in [0.2, 0.25) is 0 Å². The van der Waals surface area contributed by atoms with Crippen LogP contribution in [0.1, 0.15) is 24.0 Å². The summed E-state index contributed by atoms with van der Waals surface area (Å²) < 4.78 is 4.19. The number of rotatable bonds is 3. The normalized spacial score (nSPS) is 16.3. The van der Waals surface area contributed by atoms with Crippen molar-refractivity contribution >= 4 is 5.82 Å². The fourth-order valence-electron chi connectivity index (χ4n) is 3.00. The number of anilines is 1. The Morgan fingerprint density at radius 3 is 2.95 bits per heavy atom. The minimum atomic E-state index is 0.142. The van der Waals surface area contributed by atoms with Crippen molar-refractivity contribution in [2.45, 2.75) is 39.4 Å². The number of hydrogen-bond acceptors (Lipinski definition) is 4. The molecule has 0 aliphatic carbocycles. The molecule has 108 valence electrons. The van der Waals surface area contributed by atoms with E-state index in [4.69, 9.17) is 5.73 Å². The summed E-state index contributed by atoms with van der Waals surface area (Å²) in [6.45, 7) is 6.88. The molecule has 0 aromatic carbocycles. The van der Waals surface area contributed by atoms with E-state index < -0.39 is 0 Å². The first-order valence-corrected chi connectivity index (χ1v) is 7.09. The second-order valence-electron chi connectivity index (χ2n) is 5.65. The lowest BCUT2D eigenvalue weighted by Crippen LogP contribution is -2.35. The summed E-state index contributed by atoms with van der Waals surface area (Å²) in [5.41, 5.74) is 8.33. The molecule has 0 amide bonds. The third-order valence-corrected chi connectivity index (χ3v) is 3.88. The molecule has 2 aromatic heterocycles. The highest BCUT2D eigenvalue weighted by molar-refractivity contribution is 5.51. The summed E-state index contributed by atoms with van der Waals surface area (Å²) in [6.07, 6.45) is 4.78. The molecule has 0 bridgehead atoms. The molecule has 0 fully saturated rings. The van der Waals surface area contributed by atoms with E-state index in [0.717, 1.165) is 37.6 Å². The van der Waals surface area contributed by atoms with Gasteiger partial charge in [-0.15, -0.1) is 0 Å². The van der Waals surface area contributed by atoms with Crippen molar-refractivity contribution in [3.63, 3.8) is 0 Å². The van der Waals surface area contributed by atoms with Crippen LogP contribution in [0.25, 0.3) is 0 Å². The summed E-state index contributed by atoms with van der Waals surface area (Å²) >= 11 is 0. The van der Waals surface area contributed by atoms with E-state index in [1.807, 2.05) is 31.0 Å². The summed E-state index contributed by atoms with van der Waals surface area (Å²) in [5.74, 6) is 2.30. The van der Waals surface area contributed by atoms with Gasteiger partial charge in [0.15, 0.2) is 0 Å². The lowest BCUT2D eigenvalue weighted by molar-refractivity contribution is 0.544. The second-order valence-corrected chi connectivity index (χ2v) is 5.65. The van der Waals surface area contributed by atoms with Gasteiger partial charge in [-0.25, -0.2) is 4.98 Å². The molecular weight excluding hydrogens is 252 g/mol. The number of fused-ring (bicyclic) bond motifs is 1. The van der Waals surface area contributed by atoms with Crippen molar-refractivity contribution in [3.05, 3.63) is 29.5 Å². The molecule has 1 atom stereocenters. The van der Waals surface area contributed by atoms with Crippen molar-refractivity contribution in [2.75, 3.05) is 11.4 Å². The predicted octanol–water partition coefficient (Wildman–Crippen LogP) is 0.835. The Morgan fingerprint density at radius 1 is 1.40 bits per heavy atom. The van der Waals surface area contributed by atoms with Gasteiger partial charge in [0.05, 0.1) is 12.2 Å². The Hall–Kier alpha value is -1.82. The fourth-order valence-corrected chi connectivity index (χ4v) is 3.00. The van der Waals surface area contributed by atoms with Crippen molar-refractivity contribution in [3.8, 4) is 0 Å². The smallest absolute Gasteiger partial charge is 0.130 e. The summed E-state index contributed by atoms with van der Waals surface area (Å²) in [4.78, 5) is 6.79. The van der Waals surface area contributed by atoms with Crippen molar-refractivity contribution in [2.24, 2.45) is 12.8 Å². The summed E-state index contributed by atoms with van der Waals surface area (Å²) in [7, 11) is 2.01. The largest absolute Gasteiger partial charge is 0.347 e. The average Bonchev–Trinajstić information content (AvgIpc) is 2.93. The third kappa shape index (κ3) is 2.20. The molecule has 6 nitrogen and oxygen atoms in total. The molecule has 0 spiro atoms. The molecule has 2 N–H and O–H groups in total. The number of imidazole rings is 1. The molecule has 3 rings (SSSR count). The fraction of sp³-hybridized carbons (Fsp3) is 0.571. The van der Waals surface area contributed by atoms with Crippen LogP contribution < -0.4 is 10.6 Å². The van der Waals surface area contributed by atoms with Gasteiger partial charge < -0.3 is 15.2 Å². The molecule has 6 heteroatoms. The van der Waals surface area contributed by atoms with E-state index in [-0.39, 0.29) is 6.04 Å². The minimum absolute atomic E-state index is 0.142. The van der Waals surface area contributed by atoms with Gasteiger partial charge in [0.25, 0.3) is 0 Å². The van der Waals surface area contributed by atoms with Crippen LogP contribution in [0.5, 0.6) is 0 Å². The first-order valence-electron chi connectivity index (χ1n) is 7.09. The second kappa shape index (κ2) is 4.94. The highest BCUT2D eigenvalue weighted by atomic mass is 15.4. The van der Waals surface area contributed by atoms with Crippen molar-refractivity contribution in [1.29, 1.82) is 0 Å². The molecule has 0 saturated carbocycles. The molecule has 0 saturated heterocycles. The Morgan fingerprint density at radius 2 is 2.20 bits per heavy atom. The van der Waals surface area contributed by atoms with Crippen LogP contribution in [0.2, 0.25) is 0 Å². The van der Waals surface area contributed by atoms with E-state index in [0.29, 0.717) is 0 Å². The van der Waals surface area contributed by atoms with Crippen LogP contribution in [0.3, 0.4) is 0 Å². The lowest BCUT2D eigenvalue weighted by Gasteiger charge is -2.30. The third-order valence-electron chi connectivity index (χ3n) is 3.88. The Labute approximate surface area is 119 Å². The molecule has 20 heavy (non-hydrogen) atoms. The number of hydrogen-bond donors (Lipinski definition) is 1. The van der Waals surface area contributed by atoms with E-state index in [9.17, 15) is 0 Å². The molecule has 1 aliphatic rings. The molecule has 1 unspecified atom stereocenters. The molecule has 2 aromatic rings. The Balaban J connectivity index is 1.94. The first kappa shape index (κ1) is 13.2. The predicted molar refractivity (Wildman–Crippen MR) is 78.6 cm³/mol. The van der Waals surface area contributed by atoms with E-state index in [2.05, 4.69) is 26.5 Å². The van der Waals surface area contributed by atoms with Crippen LogP contribution in [0, 0.1) is 6.92 Å². The summed E-state index contributed by atoms with van der Waals surface area (Å²) in [6, 6.07) is 0.142. The van der Waals surface area contributed by atoms with E-state index >= 15 is 0 Å². The minimum Gasteiger partial charge on any atom is -0.347 e. The summed E-state index contributed by atoms with van der Waals surface area (Å²) in [5, 5.41) is 4.58. The lowest BCUT2D eigenvalue weighted by atomic mass is 10.1. The van der Waals surface area contributed by atoms with Crippen LogP contribution in [0.15, 0.2) is 12.4 Å². The number of nitrogens with two attached hydrogens (primary N) is 1. The number of aryl methyl sites for hydroxylation is 2. The van der Waals surface area contributed by atoms with Gasteiger partial charge >= 0.3 is 0 Å².